The van der Waals surface area contributed by atoms with Gasteiger partial charge >= 0.3 is 5.97 Å². The van der Waals surface area contributed by atoms with Crippen LogP contribution in [0, 0.1) is 23.2 Å². The molecule has 4 saturated carbocycles. The lowest BCUT2D eigenvalue weighted by molar-refractivity contribution is -0.144. The van der Waals surface area contributed by atoms with Gasteiger partial charge in [0.15, 0.2) is 0 Å². The van der Waals surface area contributed by atoms with Crippen LogP contribution in [-0.2, 0) is 9.59 Å². The molecule has 4 bridgehead atoms. The standard InChI is InChI=1S/C8H8O3/c9-6-3-1-4-5(6)8(4,2-3)7(10)11/h3-5H,1-2H2,(H,10,11). The van der Waals surface area contributed by atoms with Crippen LogP contribution in [-0.4, -0.2) is 16.9 Å². The molecule has 0 saturated heterocycles. The second-order valence-electron chi connectivity index (χ2n) is 3.97. The normalized spacial score (nSPS) is 56.7. The first-order valence-corrected chi connectivity index (χ1v) is 3.95. The molecule has 58 valence electrons. The summed E-state index contributed by atoms with van der Waals surface area (Å²) < 4.78 is 0. The molecule has 1 N–H and O–H groups in total. The zero-order chi connectivity index (χ0) is 7.80. The third-order valence-corrected chi connectivity index (χ3v) is 3.74. The summed E-state index contributed by atoms with van der Waals surface area (Å²) >= 11 is 0. The average molecular weight is 152 g/mol. The van der Waals surface area contributed by atoms with E-state index in [1.54, 1.807) is 0 Å². The number of hydrogen-bond acceptors (Lipinski definition) is 2. The SMILES string of the molecule is O=C1C2CC3C1C3(C(=O)O)C2. The van der Waals surface area contributed by atoms with Crippen LogP contribution in [0.4, 0.5) is 0 Å². The predicted molar refractivity (Wildman–Crippen MR) is 34.8 cm³/mol. The van der Waals surface area contributed by atoms with Crippen LogP contribution in [0.2, 0.25) is 0 Å². The topological polar surface area (TPSA) is 54.4 Å². The Labute approximate surface area is 63.4 Å². The highest BCUT2D eigenvalue weighted by molar-refractivity contribution is 6.02. The Morgan fingerprint density at radius 3 is 2.55 bits per heavy atom. The third-order valence-electron chi connectivity index (χ3n) is 3.74. The van der Waals surface area contributed by atoms with Gasteiger partial charge in [-0.3, -0.25) is 9.59 Å². The highest BCUT2D eigenvalue weighted by atomic mass is 16.4. The second kappa shape index (κ2) is 1.24. The molecule has 4 unspecified atom stereocenters. The second-order valence-corrected chi connectivity index (χ2v) is 3.97. The molecule has 0 aromatic heterocycles. The molecule has 4 rings (SSSR count). The van der Waals surface area contributed by atoms with Gasteiger partial charge in [0.25, 0.3) is 0 Å². The summed E-state index contributed by atoms with van der Waals surface area (Å²) in [6.45, 7) is 0. The van der Waals surface area contributed by atoms with Crippen LogP contribution in [0.1, 0.15) is 12.8 Å². The van der Waals surface area contributed by atoms with Gasteiger partial charge in [-0.25, -0.2) is 0 Å². The van der Waals surface area contributed by atoms with Crippen molar-refractivity contribution in [3.8, 4) is 0 Å². The number of aliphatic carboxylic acids is 1. The molecule has 11 heavy (non-hydrogen) atoms. The van der Waals surface area contributed by atoms with Crippen LogP contribution < -0.4 is 0 Å². The van der Waals surface area contributed by atoms with Gasteiger partial charge in [0.05, 0.1) is 5.41 Å². The maximum Gasteiger partial charge on any atom is 0.310 e. The quantitative estimate of drug-likeness (QED) is 0.587. The lowest BCUT2D eigenvalue weighted by Gasteiger charge is -2.00. The molecule has 0 amide bonds. The van der Waals surface area contributed by atoms with E-state index >= 15 is 0 Å². The van der Waals surface area contributed by atoms with Crippen molar-refractivity contribution in [1.29, 1.82) is 0 Å². The van der Waals surface area contributed by atoms with Crippen molar-refractivity contribution in [2.24, 2.45) is 23.2 Å². The largest absolute Gasteiger partial charge is 0.481 e. The summed E-state index contributed by atoms with van der Waals surface area (Å²) in [5.74, 6) is -0.248. The lowest BCUT2D eigenvalue weighted by atomic mass is 10.1. The molecule has 0 radical (unpaired) electrons. The highest BCUT2D eigenvalue weighted by Gasteiger charge is 2.83. The van der Waals surface area contributed by atoms with E-state index in [0.717, 1.165) is 6.42 Å². The maximum atomic E-state index is 11.2. The van der Waals surface area contributed by atoms with Crippen molar-refractivity contribution in [1.82, 2.24) is 0 Å². The molecule has 0 aromatic carbocycles. The first-order valence-electron chi connectivity index (χ1n) is 3.95. The molecule has 4 atom stereocenters. The first-order chi connectivity index (χ1) is 5.18. The van der Waals surface area contributed by atoms with E-state index in [9.17, 15) is 9.59 Å². The first kappa shape index (κ1) is 5.75. The molecule has 4 aliphatic carbocycles. The summed E-state index contributed by atoms with van der Waals surface area (Å²) in [6, 6.07) is 0. The van der Waals surface area contributed by atoms with Gasteiger partial charge in [-0.1, -0.05) is 0 Å². The van der Waals surface area contributed by atoms with Crippen LogP contribution in [0.3, 0.4) is 0 Å². The number of carbonyl (C=O) groups excluding carboxylic acids is 1. The van der Waals surface area contributed by atoms with Crippen molar-refractivity contribution < 1.29 is 14.7 Å². The van der Waals surface area contributed by atoms with Gasteiger partial charge in [0.1, 0.15) is 5.78 Å². The summed E-state index contributed by atoms with van der Waals surface area (Å²) in [6.07, 6.45) is 1.49. The summed E-state index contributed by atoms with van der Waals surface area (Å²) in [7, 11) is 0. The van der Waals surface area contributed by atoms with E-state index < -0.39 is 11.4 Å². The molecule has 0 aliphatic heterocycles. The van der Waals surface area contributed by atoms with E-state index in [-0.39, 0.29) is 23.5 Å². The highest BCUT2D eigenvalue weighted by Crippen LogP contribution is 2.77. The van der Waals surface area contributed by atoms with E-state index in [2.05, 4.69) is 0 Å². The summed E-state index contributed by atoms with van der Waals surface area (Å²) in [5, 5.41) is 8.88. The Morgan fingerprint density at radius 1 is 1.64 bits per heavy atom. The molecular weight excluding hydrogens is 144 g/mol. The van der Waals surface area contributed by atoms with Crippen molar-refractivity contribution >= 4 is 11.8 Å². The molecule has 0 aromatic rings. The van der Waals surface area contributed by atoms with Crippen LogP contribution in [0.15, 0.2) is 0 Å². The molecular formula is C8H8O3. The molecule has 3 nitrogen and oxygen atoms in total. The van der Waals surface area contributed by atoms with E-state index in [4.69, 9.17) is 5.11 Å². The van der Waals surface area contributed by atoms with Gasteiger partial charge in [-0.05, 0) is 18.8 Å². The van der Waals surface area contributed by atoms with Gasteiger partial charge in [-0.15, -0.1) is 0 Å². The zero-order valence-electron chi connectivity index (χ0n) is 5.91. The number of Topliss-reactive ketones (excluding diaryl/α,β-unsaturated/α-hetero) is 1. The minimum Gasteiger partial charge on any atom is -0.481 e. The Balaban J connectivity index is 2.11. The van der Waals surface area contributed by atoms with Crippen LogP contribution >= 0.6 is 0 Å². The van der Waals surface area contributed by atoms with E-state index in [0.29, 0.717) is 6.42 Å². The Morgan fingerprint density at radius 2 is 2.36 bits per heavy atom. The zero-order valence-corrected chi connectivity index (χ0v) is 5.91. The Hall–Kier alpha value is -0.860. The molecule has 0 spiro atoms. The van der Waals surface area contributed by atoms with Gasteiger partial charge < -0.3 is 5.11 Å². The number of ketones is 1. The fourth-order valence-corrected chi connectivity index (χ4v) is 3.24. The van der Waals surface area contributed by atoms with Gasteiger partial charge in [0, 0.05) is 11.8 Å². The third kappa shape index (κ3) is 0.357. The van der Waals surface area contributed by atoms with Crippen molar-refractivity contribution in [2.45, 2.75) is 12.8 Å². The van der Waals surface area contributed by atoms with Crippen LogP contribution in [0.25, 0.3) is 0 Å². The summed E-state index contributed by atoms with van der Waals surface area (Å²) in [5.41, 5.74) is -0.568. The van der Waals surface area contributed by atoms with E-state index in [1.165, 1.54) is 0 Å². The van der Waals surface area contributed by atoms with Crippen molar-refractivity contribution in [2.75, 3.05) is 0 Å². The predicted octanol–water partition coefficient (Wildman–Crippen LogP) is 0.296. The molecule has 4 aliphatic rings. The van der Waals surface area contributed by atoms with Gasteiger partial charge in [0.2, 0.25) is 0 Å². The number of hydrogen-bond donors (Lipinski definition) is 1. The number of carboxylic acids is 1. The fraction of sp³-hybridized carbons (Fsp3) is 0.750. The lowest BCUT2D eigenvalue weighted by Crippen LogP contribution is -2.14. The Kier molecular flexibility index (Phi) is 0.646. The minimum atomic E-state index is -0.735. The maximum absolute atomic E-state index is 11.2. The Bertz CT molecular complexity index is 283. The minimum absolute atomic E-state index is 0.0787. The van der Waals surface area contributed by atoms with Crippen LogP contribution in [0.5, 0.6) is 0 Å². The van der Waals surface area contributed by atoms with Gasteiger partial charge in [-0.2, -0.15) is 0 Å². The number of carbonyl (C=O) groups is 2. The molecule has 4 fully saturated rings. The monoisotopic (exact) mass is 152 g/mol. The number of carboxylic acid groups (broad SMARTS) is 1. The van der Waals surface area contributed by atoms with E-state index in [1.807, 2.05) is 0 Å². The van der Waals surface area contributed by atoms with Crippen molar-refractivity contribution in [3.63, 3.8) is 0 Å². The average Bonchev–Trinajstić information content (AvgIpc) is 2.32. The smallest absolute Gasteiger partial charge is 0.310 e. The fourth-order valence-electron chi connectivity index (χ4n) is 3.24. The molecule has 3 heteroatoms. The number of rotatable bonds is 1. The summed E-state index contributed by atoms with van der Waals surface area (Å²) in [4.78, 5) is 22.0. The molecule has 0 heterocycles. The van der Waals surface area contributed by atoms with Crippen molar-refractivity contribution in [3.05, 3.63) is 0 Å².